The van der Waals surface area contributed by atoms with E-state index in [0.29, 0.717) is 19.7 Å². The Morgan fingerprint density at radius 2 is 2.29 bits per heavy atom. The molecule has 0 aromatic rings. The second-order valence-corrected chi connectivity index (χ2v) is 4.29. The van der Waals surface area contributed by atoms with Gasteiger partial charge >= 0.3 is 0 Å². The molecule has 1 heterocycles. The first-order chi connectivity index (χ1) is 8.27. The standard InChI is InChI=1S/C12H25N3O2/c1-3-7-15(4-2)8-5-14-12(16)11-10-13-6-9-17-11/h11,13H,3-10H2,1-2H3,(H,14,16). The molecular formula is C12H25N3O2. The summed E-state index contributed by atoms with van der Waals surface area (Å²) in [5, 5.41) is 6.08. The van der Waals surface area contributed by atoms with Crippen molar-refractivity contribution in [1.29, 1.82) is 0 Å². The molecule has 0 saturated carbocycles. The third-order valence-corrected chi connectivity index (χ3v) is 2.93. The van der Waals surface area contributed by atoms with Gasteiger partial charge in [0.1, 0.15) is 6.10 Å². The van der Waals surface area contributed by atoms with E-state index in [0.717, 1.165) is 32.6 Å². The number of carbonyl (C=O) groups excluding carboxylic acids is 1. The van der Waals surface area contributed by atoms with Gasteiger partial charge in [-0.3, -0.25) is 4.79 Å². The van der Waals surface area contributed by atoms with Gasteiger partial charge in [0.2, 0.25) is 0 Å². The molecule has 5 nitrogen and oxygen atoms in total. The van der Waals surface area contributed by atoms with E-state index in [-0.39, 0.29) is 12.0 Å². The highest BCUT2D eigenvalue weighted by Crippen LogP contribution is 1.96. The van der Waals surface area contributed by atoms with Gasteiger partial charge in [-0.15, -0.1) is 0 Å². The Bertz CT molecular complexity index is 218. The number of rotatable bonds is 7. The van der Waals surface area contributed by atoms with Gasteiger partial charge in [0.15, 0.2) is 0 Å². The summed E-state index contributed by atoms with van der Waals surface area (Å²) >= 11 is 0. The number of hydrogen-bond acceptors (Lipinski definition) is 4. The summed E-state index contributed by atoms with van der Waals surface area (Å²) in [4.78, 5) is 14.1. The molecule has 1 unspecified atom stereocenters. The van der Waals surface area contributed by atoms with E-state index in [4.69, 9.17) is 4.74 Å². The van der Waals surface area contributed by atoms with E-state index >= 15 is 0 Å². The molecular weight excluding hydrogens is 218 g/mol. The quantitative estimate of drug-likeness (QED) is 0.651. The largest absolute Gasteiger partial charge is 0.366 e. The van der Waals surface area contributed by atoms with Crippen LogP contribution in [0.25, 0.3) is 0 Å². The maximum absolute atomic E-state index is 11.7. The Labute approximate surface area is 104 Å². The first-order valence-corrected chi connectivity index (χ1v) is 6.60. The van der Waals surface area contributed by atoms with Gasteiger partial charge in [-0.25, -0.2) is 0 Å². The molecule has 0 bridgehead atoms. The molecule has 1 aliphatic heterocycles. The summed E-state index contributed by atoms with van der Waals surface area (Å²) < 4.78 is 5.38. The Balaban J connectivity index is 2.14. The molecule has 100 valence electrons. The lowest BCUT2D eigenvalue weighted by molar-refractivity contribution is -0.134. The summed E-state index contributed by atoms with van der Waals surface area (Å²) in [5.74, 6) is 0.00440. The van der Waals surface area contributed by atoms with Crippen molar-refractivity contribution in [3.63, 3.8) is 0 Å². The lowest BCUT2D eigenvalue weighted by Crippen LogP contribution is -2.49. The number of carbonyl (C=O) groups is 1. The van der Waals surface area contributed by atoms with Crippen LogP contribution < -0.4 is 10.6 Å². The van der Waals surface area contributed by atoms with Crippen molar-refractivity contribution in [2.75, 3.05) is 45.9 Å². The maximum Gasteiger partial charge on any atom is 0.250 e. The number of hydrogen-bond donors (Lipinski definition) is 2. The van der Waals surface area contributed by atoms with Crippen LogP contribution in [0.1, 0.15) is 20.3 Å². The molecule has 0 spiro atoms. The van der Waals surface area contributed by atoms with Gasteiger partial charge in [-0.2, -0.15) is 0 Å². The fourth-order valence-electron chi connectivity index (χ4n) is 1.93. The van der Waals surface area contributed by atoms with Crippen LogP contribution in [0.5, 0.6) is 0 Å². The predicted octanol–water partition coefficient (Wildman–Crippen LogP) is -0.177. The minimum absolute atomic E-state index is 0.00440. The number of ether oxygens (including phenoxy) is 1. The summed E-state index contributed by atoms with van der Waals surface area (Å²) in [7, 11) is 0. The zero-order valence-electron chi connectivity index (χ0n) is 11.0. The second-order valence-electron chi connectivity index (χ2n) is 4.29. The topological polar surface area (TPSA) is 53.6 Å². The van der Waals surface area contributed by atoms with E-state index in [2.05, 4.69) is 29.4 Å². The first-order valence-electron chi connectivity index (χ1n) is 6.60. The summed E-state index contributed by atoms with van der Waals surface area (Å²) in [6.07, 6.45) is 0.835. The van der Waals surface area contributed by atoms with Crippen LogP contribution in [-0.2, 0) is 9.53 Å². The zero-order chi connectivity index (χ0) is 12.5. The molecule has 5 heteroatoms. The molecule has 1 amide bonds. The molecule has 1 saturated heterocycles. The van der Waals surface area contributed by atoms with Crippen molar-refractivity contribution in [3.8, 4) is 0 Å². The van der Waals surface area contributed by atoms with Crippen LogP contribution in [-0.4, -0.2) is 62.8 Å². The van der Waals surface area contributed by atoms with Crippen molar-refractivity contribution in [2.24, 2.45) is 0 Å². The predicted molar refractivity (Wildman–Crippen MR) is 68.0 cm³/mol. The van der Waals surface area contributed by atoms with Gasteiger partial charge in [0.05, 0.1) is 6.61 Å². The SMILES string of the molecule is CCCN(CC)CCNC(=O)C1CNCCO1. The highest BCUT2D eigenvalue weighted by molar-refractivity contribution is 5.81. The average molecular weight is 243 g/mol. The van der Waals surface area contributed by atoms with Crippen LogP contribution in [0.15, 0.2) is 0 Å². The normalized spacial score (nSPS) is 20.5. The van der Waals surface area contributed by atoms with Crippen LogP contribution in [0.3, 0.4) is 0 Å². The van der Waals surface area contributed by atoms with Gasteiger partial charge < -0.3 is 20.3 Å². The lowest BCUT2D eigenvalue weighted by atomic mass is 10.3. The molecule has 0 aliphatic carbocycles. The van der Waals surface area contributed by atoms with Crippen LogP contribution >= 0.6 is 0 Å². The summed E-state index contributed by atoms with van der Waals surface area (Å²) in [6.45, 7) is 10.1. The summed E-state index contributed by atoms with van der Waals surface area (Å²) in [6, 6.07) is 0. The lowest BCUT2D eigenvalue weighted by Gasteiger charge is -2.24. The van der Waals surface area contributed by atoms with E-state index in [1.165, 1.54) is 0 Å². The minimum Gasteiger partial charge on any atom is -0.366 e. The number of nitrogens with one attached hydrogen (secondary N) is 2. The molecule has 1 atom stereocenters. The average Bonchev–Trinajstić information content (AvgIpc) is 2.38. The highest BCUT2D eigenvalue weighted by Gasteiger charge is 2.21. The third kappa shape index (κ3) is 5.48. The van der Waals surface area contributed by atoms with Crippen LogP contribution in [0.2, 0.25) is 0 Å². The van der Waals surface area contributed by atoms with E-state index in [9.17, 15) is 4.79 Å². The first kappa shape index (κ1) is 14.4. The van der Waals surface area contributed by atoms with Crippen LogP contribution in [0.4, 0.5) is 0 Å². The number of nitrogens with zero attached hydrogens (tertiary/aromatic N) is 1. The molecule has 1 fully saturated rings. The van der Waals surface area contributed by atoms with E-state index < -0.39 is 0 Å². The van der Waals surface area contributed by atoms with Crippen molar-refractivity contribution >= 4 is 5.91 Å². The smallest absolute Gasteiger partial charge is 0.250 e. The Morgan fingerprint density at radius 3 is 2.88 bits per heavy atom. The zero-order valence-corrected chi connectivity index (χ0v) is 11.0. The summed E-state index contributed by atoms with van der Waals surface area (Å²) in [5.41, 5.74) is 0. The van der Waals surface area contributed by atoms with Crippen molar-refractivity contribution < 1.29 is 9.53 Å². The number of amides is 1. The maximum atomic E-state index is 11.7. The van der Waals surface area contributed by atoms with Crippen molar-refractivity contribution in [3.05, 3.63) is 0 Å². The Hall–Kier alpha value is -0.650. The minimum atomic E-state index is -0.315. The van der Waals surface area contributed by atoms with Gasteiger partial charge in [0.25, 0.3) is 5.91 Å². The van der Waals surface area contributed by atoms with Gasteiger partial charge in [-0.1, -0.05) is 13.8 Å². The van der Waals surface area contributed by atoms with E-state index in [1.54, 1.807) is 0 Å². The van der Waals surface area contributed by atoms with E-state index in [1.807, 2.05) is 0 Å². The van der Waals surface area contributed by atoms with Gasteiger partial charge in [0, 0.05) is 26.2 Å². The molecule has 0 radical (unpaired) electrons. The molecule has 1 aliphatic rings. The Morgan fingerprint density at radius 1 is 1.47 bits per heavy atom. The molecule has 0 aromatic carbocycles. The van der Waals surface area contributed by atoms with Gasteiger partial charge in [-0.05, 0) is 19.5 Å². The number of morpholine rings is 1. The van der Waals surface area contributed by atoms with Crippen molar-refractivity contribution in [1.82, 2.24) is 15.5 Å². The monoisotopic (exact) mass is 243 g/mol. The molecule has 2 N–H and O–H groups in total. The molecule has 0 aromatic heterocycles. The third-order valence-electron chi connectivity index (χ3n) is 2.93. The fraction of sp³-hybridized carbons (Fsp3) is 0.917. The number of likely N-dealkylation sites (N-methyl/N-ethyl adjacent to an activating group) is 1. The molecule has 17 heavy (non-hydrogen) atoms. The fourth-order valence-corrected chi connectivity index (χ4v) is 1.93. The highest BCUT2D eigenvalue weighted by atomic mass is 16.5. The molecule has 1 rings (SSSR count). The second kappa shape index (κ2) is 8.44. The van der Waals surface area contributed by atoms with Crippen LogP contribution in [0, 0.1) is 0 Å². The van der Waals surface area contributed by atoms with Crippen molar-refractivity contribution in [2.45, 2.75) is 26.4 Å². The Kier molecular flexibility index (Phi) is 7.16.